The Balaban J connectivity index is 1.08. The lowest BCUT2D eigenvalue weighted by molar-refractivity contribution is 0.559. The predicted octanol–water partition coefficient (Wildman–Crippen LogP) is 17.8. The highest BCUT2D eigenvalue weighted by molar-refractivity contribution is 6.11. The zero-order valence-electron chi connectivity index (χ0n) is 39.2. The van der Waals surface area contributed by atoms with Gasteiger partial charge in [0.2, 0.25) is 0 Å². The molecule has 0 unspecified atom stereocenters. The van der Waals surface area contributed by atoms with E-state index in [2.05, 4.69) is 220 Å². The van der Waals surface area contributed by atoms with Gasteiger partial charge >= 0.3 is 0 Å². The van der Waals surface area contributed by atoms with E-state index in [9.17, 15) is 0 Å². The van der Waals surface area contributed by atoms with Crippen LogP contribution in [-0.4, -0.2) is 0 Å². The third-order valence-electron chi connectivity index (χ3n) is 15.0. The fraction of sp³-hybridized carbons (Fsp3) is 0.226. The average molecular weight is 846 g/mol. The predicted molar refractivity (Wildman–Crippen MR) is 274 cm³/mol. The summed E-state index contributed by atoms with van der Waals surface area (Å²) in [5.74, 6) is 0. The van der Waals surface area contributed by atoms with Crippen molar-refractivity contribution in [1.29, 1.82) is 0 Å². The summed E-state index contributed by atoms with van der Waals surface area (Å²) in [6, 6.07) is 56.4. The van der Waals surface area contributed by atoms with Crippen molar-refractivity contribution in [2.24, 2.45) is 0 Å². The van der Waals surface area contributed by atoms with Crippen LogP contribution in [0.25, 0.3) is 77.3 Å². The van der Waals surface area contributed by atoms with Gasteiger partial charge in [-0.05, 0) is 115 Å². The van der Waals surface area contributed by atoms with Crippen LogP contribution in [0.1, 0.15) is 103 Å². The van der Waals surface area contributed by atoms with E-state index in [0.717, 1.165) is 61.3 Å². The van der Waals surface area contributed by atoms with Crippen molar-refractivity contribution < 1.29 is 8.83 Å². The van der Waals surface area contributed by atoms with E-state index in [1.165, 1.54) is 66.4 Å². The third-order valence-corrected chi connectivity index (χ3v) is 15.0. The van der Waals surface area contributed by atoms with Gasteiger partial charge in [0, 0.05) is 60.4 Å². The molecule has 2 heterocycles. The van der Waals surface area contributed by atoms with Crippen molar-refractivity contribution in [1.82, 2.24) is 0 Å². The van der Waals surface area contributed by atoms with E-state index >= 15 is 0 Å². The number of fused-ring (bicyclic) bond motifs is 12. The van der Waals surface area contributed by atoms with Gasteiger partial charge in [-0.25, -0.2) is 0 Å². The fourth-order valence-electron chi connectivity index (χ4n) is 11.3. The lowest BCUT2D eigenvalue weighted by atomic mass is 9.79. The maximum atomic E-state index is 7.04. The second-order valence-electron chi connectivity index (χ2n) is 21.8. The Morgan fingerprint density at radius 1 is 0.415 bits per heavy atom. The first-order chi connectivity index (χ1) is 31.0. The van der Waals surface area contributed by atoms with Crippen LogP contribution in [0.15, 0.2) is 160 Å². The van der Waals surface area contributed by atoms with Crippen LogP contribution in [0.3, 0.4) is 0 Å². The molecule has 0 aliphatic heterocycles. The van der Waals surface area contributed by atoms with Gasteiger partial charge < -0.3 is 13.7 Å². The molecule has 0 saturated heterocycles. The monoisotopic (exact) mass is 845 g/mol. The van der Waals surface area contributed by atoms with Crippen LogP contribution < -0.4 is 4.90 Å². The van der Waals surface area contributed by atoms with Crippen molar-refractivity contribution in [3.05, 3.63) is 185 Å². The third kappa shape index (κ3) is 5.73. The SMILES string of the molecule is CC(C)(C)c1cc(C(C)(C)C)c2oc3cc4c(cc3c2c1)C(C)(C)c1cccc(N(c2ccc(-c3cccc5c3oc3ccccc35)cc2)c2ccc3c(c2)C(C)(C)c2ccccc2-3)c1-4. The first-order valence-corrected chi connectivity index (χ1v) is 23.2. The molecule has 12 rings (SSSR count). The Morgan fingerprint density at radius 3 is 1.83 bits per heavy atom. The van der Waals surface area contributed by atoms with Gasteiger partial charge in [0.1, 0.15) is 22.3 Å². The van der Waals surface area contributed by atoms with Gasteiger partial charge in [0.05, 0.1) is 5.69 Å². The molecule has 320 valence electrons. The molecule has 0 fully saturated rings. The maximum absolute atomic E-state index is 7.04. The zero-order chi connectivity index (χ0) is 44.9. The Kier molecular flexibility index (Phi) is 8.17. The molecule has 2 aliphatic rings. The maximum Gasteiger partial charge on any atom is 0.143 e. The largest absolute Gasteiger partial charge is 0.456 e. The summed E-state index contributed by atoms with van der Waals surface area (Å²) in [4.78, 5) is 2.49. The van der Waals surface area contributed by atoms with E-state index in [-0.39, 0.29) is 21.7 Å². The van der Waals surface area contributed by atoms with Crippen molar-refractivity contribution in [2.75, 3.05) is 4.90 Å². The molecular weight excluding hydrogens is 791 g/mol. The highest BCUT2D eigenvalue weighted by Gasteiger charge is 2.40. The van der Waals surface area contributed by atoms with E-state index in [0.29, 0.717) is 0 Å². The smallest absolute Gasteiger partial charge is 0.143 e. The summed E-state index contributed by atoms with van der Waals surface area (Å²) in [7, 11) is 0. The van der Waals surface area contributed by atoms with Gasteiger partial charge in [-0.2, -0.15) is 0 Å². The van der Waals surface area contributed by atoms with Gasteiger partial charge in [0.15, 0.2) is 0 Å². The van der Waals surface area contributed by atoms with E-state index in [1.54, 1.807) is 0 Å². The van der Waals surface area contributed by atoms with Crippen molar-refractivity contribution in [3.63, 3.8) is 0 Å². The Labute approximate surface area is 382 Å². The molecule has 3 nitrogen and oxygen atoms in total. The Morgan fingerprint density at radius 2 is 1.05 bits per heavy atom. The minimum Gasteiger partial charge on any atom is -0.456 e. The average Bonchev–Trinajstić information content (AvgIpc) is 3.98. The van der Waals surface area contributed by atoms with Crippen LogP contribution in [0.5, 0.6) is 0 Å². The van der Waals surface area contributed by atoms with Crippen LogP contribution in [0.2, 0.25) is 0 Å². The molecule has 0 bridgehead atoms. The molecule has 65 heavy (non-hydrogen) atoms. The number of para-hydroxylation sites is 2. The molecule has 3 heteroatoms. The van der Waals surface area contributed by atoms with Gasteiger partial charge in [-0.1, -0.05) is 166 Å². The van der Waals surface area contributed by atoms with Crippen molar-refractivity contribution >= 4 is 60.9 Å². The first-order valence-electron chi connectivity index (χ1n) is 23.2. The number of hydrogen-bond acceptors (Lipinski definition) is 3. The first kappa shape index (κ1) is 39.7. The van der Waals surface area contributed by atoms with Crippen LogP contribution >= 0.6 is 0 Å². The number of furan rings is 2. The molecule has 10 aromatic rings. The summed E-state index contributed by atoms with van der Waals surface area (Å²) in [6.45, 7) is 23.3. The highest BCUT2D eigenvalue weighted by Crippen LogP contribution is 2.57. The van der Waals surface area contributed by atoms with Gasteiger partial charge in [-0.15, -0.1) is 0 Å². The summed E-state index contributed by atoms with van der Waals surface area (Å²) < 4.78 is 13.6. The molecular formula is C62H55NO2. The van der Waals surface area contributed by atoms with E-state index in [1.807, 2.05) is 6.07 Å². The number of rotatable bonds is 4. The number of benzene rings is 8. The van der Waals surface area contributed by atoms with Crippen molar-refractivity contribution in [3.8, 4) is 33.4 Å². The molecule has 0 spiro atoms. The Bertz CT molecular complexity index is 3610. The number of hydrogen-bond donors (Lipinski definition) is 0. The summed E-state index contributed by atoms with van der Waals surface area (Å²) in [5, 5.41) is 4.66. The zero-order valence-corrected chi connectivity index (χ0v) is 39.2. The minimum absolute atomic E-state index is 0.00307. The van der Waals surface area contributed by atoms with Crippen LogP contribution in [0, 0.1) is 0 Å². The summed E-state index contributed by atoms with van der Waals surface area (Å²) in [5.41, 5.74) is 21.9. The van der Waals surface area contributed by atoms with E-state index in [4.69, 9.17) is 8.83 Å². The molecule has 8 aromatic carbocycles. The minimum atomic E-state index is -0.255. The topological polar surface area (TPSA) is 29.5 Å². The number of anilines is 3. The fourth-order valence-corrected chi connectivity index (χ4v) is 11.3. The number of nitrogens with zero attached hydrogens (tertiary/aromatic N) is 1. The van der Waals surface area contributed by atoms with Crippen LogP contribution in [0.4, 0.5) is 17.1 Å². The molecule has 0 N–H and O–H groups in total. The second kappa shape index (κ2) is 13.4. The molecule has 0 saturated carbocycles. The summed E-state index contributed by atoms with van der Waals surface area (Å²) >= 11 is 0. The molecule has 2 aromatic heterocycles. The molecule has 0 amide bonds. The van der Waals surface area contributed by atoms with E-state index < -0.39 is 0 Å². The molecule has 0 atom stereocenters. The standard InChI is InChI=1S/C62H55NO2/c1-59(2,3)37-31-46-45-34-51-47(35-55(45)65-58(46)52(32-37)60(4,5)6)56-49(62(51,9)10)22-16-23-53(56)63(39-29-30-42-41-17-11-13-21-48(41)61(7,8)50(42)33-39)38-27-25-36(26-28-38)40-19-15-20-44-43-18-12-14-24-54(43)64-57(40)44/h11-35H,1-10H3. The molecule has 0 radical (unpaired) electrons. The second-order valence-corrected chi connectivity index (χ2v) is 21.8. The van der Waals surface area contributed by atoms with Crippen molar-refractivity contribution in [2.45, 2.75) is 90.9 Å². The summed E-state index contributed by atoms with van der Waals surface area (Å²) in [6.07, 6.45) is 0. The quantitative estimate of drug-likeness (QED) is 0.177. The Hall–Kier alpha value is -6.84. The van der Waals surface area contributed by atoms with Crippen LogP contribution in [-0.2, 0) is 21.7 Å². The highest BCUT2D eigenvalue weighted by atomic mass is 16.3. The molecule has 2 aliphatic carbocycles. The normalized spacial score (nSPS) is 14.9. The lowest BCUT2D eigenvalue weighted by Crippen LogP contribution is -2.17. The lowest BCUT2D eigenvalue weighted by Gasteiger charge is -2.30. The van der Waals surface area contributed by atoms with Gasteiger partial charge in [-0.3, -0.25) is 0 Å². The van der Waals surface area contributed by atoms with Gasteiger partial charge in [0.25, 0.3) is 0 Å².